The van der Waals surface area contributed by atoms with Gasteiger partial charge in [0.25, 0.3) is 0 Å². The van der Waals surface area contributed by atoms with E-state index >= 15 is 0 Å². The summed E-state index contributed by atoms with van der Waals surface area (Å²) < 4.78 is 0. The lowest BCUT2D eigenvalue weighted by Crippen LogP contribution is -2.35. The van der Waals surface area contributed by atoms with Crippen molar-refractivity contribution in [3.8, 4) is 6.07 Å². The number of aryl methyl sites for hydroxylation is 2. The van der Waals surface area contributed by atoms with E-state index in [1.165, 1.54) is 0 Å². The van der Waals surface area contributed by atoms with Gasteiger partial charge in [0.2, 0.25) is 11.9 Å². The summed E-state index contributed by atoms with van der Waals surface area (Å²) in [6, 6.07) is 10.0. The van der Waals surface area contributed by atoms with Gasteiger partial charge in [0.05, 0.1) is 11.6 Å². The van der Waals surface area contributed by atoms with E-state index in [0.29, 0.717) is 11.5 Å². The van der Waals surface area contributed by atoms with Crippen LogP contribution in [0.5, 0.6) is 0 Å². The highest BCUT2D eigenvalue weighted by molar-refractivity contribution is 5.73. The van der Waals surface area contributed by atoms with Crippen LogP contribution in [-0.2, 0) is 11.2 Å². The largest absolute Gasteiger partial charge is 0.354 e. The van der Waals surface area contributed by atoms with Crippen molar-refractivity contribution in [1.29, 1.82) is 5.26 Å². The van der Waals surface area contributed by atoms with Crippen molar-refractivity contribution in [2.45, 2.75) is 46.1 Å². The number of nitrogens with zero attached hydrogens (tertiary/aromatic N) is 4. The highest BCUT2D eigenvalue weighted by atomic mass is 16.1. The molecule has 7 nitrogen and oxygen atoms in total. The van der Waals surface area contributed by atoms with Crippen molar-refractivity contribution in [2.75, 3.05) is 23.3 Å². The number of nitrogens with one attached hydrogen (secondary N) is 2. The fourth-order valence-corrected chi connectivity index (χ4v) is 3.41. The zero-order valence-electron chi connectivity index (χ0n) is 16.6. The minimum Gasteiger partial charge on any atom is -0.354 e. The van der Waals surface area contributed by atoms with Crippen molar-refractivity contribution in [3.05, 3.63) is 41.1 Å². The molecule has 0 aliphatic carbocycles. The molecule has 0 unspecified atom stereocenters. The van der Waals surface area contributed by atoms with Crippen molar-refractivity contribution < 1.29 is 4.79 Å². The lowest BCUT2D eigenvalue weighted by atomic mass is 10.1. The Morgan fingerprint density at radius 1 is 1.36 bits per heavy atom. The molecule has 1 atom stereocenters. The van der Waals surface area contributed by atoms with Gasteiger partial charge in [-0.05, 0) is 37.5 Å². The molecule has 1 aliphatic heterocycles. The van der Waals surface area contributed by atoms with E-state index in [-0.39, 0.29) is 11.9 Å². The quantitative estimate of drug-likeness (QED) is 0.802. The van der Waals surface area contributed by atoms with Gasteiger partial charge in [-0.15, -0.1) is 0 Å². The highest BCUT2D eigenvalue weighted by Crippen LogP contribution is 2.23. The average Bonchev–Trinajstić information content (AvgIpc) is 3.11. The van der Waals surface area contributed by atoms with E-state index in [1.807, 2.05) is 31.2 Å². The zero-order valence-corrected chi connectivity index (χ0v) is 16.6. The van der Waals surface area contributed by atoms with Gasteiger partial charge in [0.15, 0.2) is 0 Å². The summed E-state index contributed by atoms with van der Waals surface area (Å²) in [7, 11) is 0. The second-order valence-electron chi connectivity index (χ2n) is 7.19. The second kappa shape index (κ2) is 8.70. The van der Waals surface area contributed by atoms with Gasteiger partial charge < -0.3 is 15.5 Å². The minimum atomic E-state index is -0.00349. The Kier molecular flexibility index (Phi) is 6.09. The second-order valence-corrected chi connectivity index (χ2v) is 7.19. The fraction of sp³-hybridized carbons (Fsp3) is 0.429. The number of hydrogen-bond acceptors (Lipinski definition) is 6. The van der Waals surface area contributed by atoms with E-state index in [0.717, 1.165) is 55.1 Å². The molecule has 3 rings (SSSR count). The van der Waals surface area contributed by atoms with Crippen molar-refractivity contribution in [1.82, 2.24) is 15.3 Å². The standard InChI is InChI=1S/C21H26N6O/c1-4-5-17-11-20(27-9-8-19(13-27)23-15(3)28)26-21(24-17)25-18-7-6-14(2)16(10-18)12-22/h6-7,10-11,19H,4-5,8-9,13H2,1-3H3,(H,23,28)(H,24,25,26)/t19-/m0/s1. The molecule has 1 aliphatic rings. The number of carbonyl (C=O) groups is 1. The van der Waals surface area contributed by atoms with Crippen LogP contribution in [-0.4, -0.2) is 35.0 Å². The summed E-state index contributed by atoms with van der Waals surface area (Å²) in [5.74, 6) is 1.38. The van der Waals surface area contributed by atoms with Gasteiger partial charge in [0, 0.05) is 43.5 Å². The maximum absolute atomic E-state index is 11.3. The van der Waals surface area contributed by atoms with Crippen LogP contribution in [0.15, 0.2) is 24.3 Å². The van der Waals surface area contributed by atoms with E-state index in [1.54, 1.807) is 6.92 Å². The first-order valence-electron chi connectivity index (χ1n) is 9.66. The SMILES string of the molecule is CCCc1cc(N2CC[C@H](NC(C)=O)C2)nc(Nc2ccc(C)c(C#N)c2)n1. The highest BCUT2D eigenvalue weighted by Gasteiger charge is 2.24. The monoisotopic (exact) mass is 378 g/mol. The molecule has 0 spiro atoms. The van der Waals surface area contributed by atoms with Crippen molar-refractivity contribution in [3.63, 3.8) is 0 Å². The molecule has 1 saturated heterocycles. The van der Waals surface area contributed by atoms with Gasteiger partial charge in [-0.25, -0.2) is 4.98 Å². The van der Waals surface area contributed by atoms with Gasteiger partial charge in [-0.2, -0.15) is 10.2 Å². The number of anilines is 3. The topological polar surface area (TPSA) is 93.9 Å². The van der Waals surface area contributed by atoms with Crippen molar-refractivity contribution >= 4 is 23.4 Å². The third-order valence-corrected chi connectivity index (χ3v) is 4.81. The minimum absolute atomic E-state index is 0.00349. The molecule has 0 saturated carbocycles. The molecule has 2 aromatic rings. The Bertz CT molecular complexity index is 904. The molecule has 28 heavy (non-hydrogen) atoms. The number of benzene rings is 1. The lowest BCUT2D eigenvalue weighted by molar-refractivity contribution is -0.119. The first-order chi connectivity index (χ1) is 13.5. The van der Waals surface area contributed by atoms with Crippen LogP contribution in [0.1, 0.15) is 43.5 Å². The van der Waals surface area contributed by atoms with E-state index in [2.05, 4.69) is 33.5 Å². The Morgan fingerprint density at radius 3 is 2.89 bits per heavy atom. The molecule has 1 amide bonds. The van der Waals surface area contributed by atoms with Gasteiger partial charge in [0.1, 0.15) is 5.82 Å². The van der Waals surface area contributed by atoms with Crippen LogP contribution in [0.4, 0.5) is 17.5 Å². The summed E-state index contributed by atoms with van der Waals surface area (Å²) in [5.41, 5.74) is 3.34. The summed E-state index contributed by atoms with van der Waals surface area (Å²) in [6.07, 6.45) is 2.76. The summed E-state index contributed by atoms with van der Waals surface area (Å²) in [6.45, 7) is 7.17. The number of amides is 1. The number of aromatic nitrogens is 2. The van der Waals surface area contributed by atoms with Crippen LogP contribution in [0.3, 0.4) is 0 Å². The molecule has 1 fully saturated rings. The van der Waals surface area contributed by atoms with Gasteiger partial charge in [-0.1, -0.05) is 19.4 Å². The Balaban J connectivity index is 1.84. The lowest BCUT2D eigenvalue weighted by Gasteiger charge is -2.19. The molecular weight excluding hydrogens is 352 g/mol. The summed E-state index contributed by atoms with van der Waals surface area (Å²) in [4.78, 5) is 22.8. The van der Waals surface area contributed by atoms with Gasteiger partial charge in [-0.3, -0.25) is 4.79 Å². The Morgan fingerprint density at radius 2 is 2.18 bits per heavy atom. The Labute approximate surface area is 165 Å². The molecule has 146 valence electrons. The number of rotatable bonds is 6. The molecular formula is C21H26N6O. The zero-order chi connectivity index (χ0) is 20.1. The summed E-state index contributed by atoms with van der Waals surface area (Å²) >= 11 is 0. The van der Waals surface area contributed by atoms with E-state index < -0.39 is 0 Å². The third-order valence-electron chi connectivity index (χ3n) is 4.81. The number of nitriles is 1. The third kappa shape index (κ3) is 4.77. The van der Waals surface area contributed by atoms with Crippen LogP contribution < -0.4 is 15.5 Å². The predicted octanol–water partition coefficient (Wildman–Crippen LogP) is 3.07. The molecule has 7 heteroatoms. The Hall–Kier alpha value is -3.14. The normalized spacial score (nSPS) is 15.9. The molecule has 2 N–H and O–H groups in total. The van der Waals surface area contributed by atoms with Crippen LogP contribution in [0, 0.1) is 18.3 Å². The predicted molar refractivity (Wildman–Crippen MR) is 110 cm³/mol. The average molecular weight is 378 g/mol. The van der Waals surface area contributed by atoms with Crippen molar-refractivity contribution in [2.24, 2.45) is 0 Å². The molecule has 0 bridgehead atoms. The number of hydrogen-bond donors (Lipinski definition) is 2. The van der Waals surface area contributed by atoms with Gasteiger partial charge >= 0.3 is 0 Å². The maximum atomic E-state index is 11.3. The smallest absolute Gasteiger partial charge is 0.229 e. The fourth-order valence-electron chi connectivity index (χ4n) is 3.41. The first-order valence-corrected chi connectivity index (χ1v) is 9.66. The molecule has 2 heterocycles. The molecule has 1 aromatic heterocycles. The maximum Gasteiger partial charge on any atom is 0.229 e. The first kappa shape index (κ1) is 19.6. The van der Waals surface area contributed by atoms with E-state index in [4.69, 9.17) is 4.98 Å². The van der Waals surface area contributed by atoms with Crippen LogP contribution in [0.2, 0.25) is 0 Å². The van der Waals surface area contributed by atoms with Crippen LogP contribution >= 0.6 is 0 Å². The molecule has 0 radical (unpaired) electrons. The number of carbonyl (C=O) groups excluding carboxylic acids is 1. The van der Waals surface area contributed by atoms with E-state index in [9.17, 15) is 10.1 Å². The van der Waals surface area contributed by atoms with Crippen LogP contribution in [0.25, 0.3) is 0 Å². The molecule has 1 aromatic carbocycles. The summed E-state index contributed by atoms with van der Waals surface area (Å²) in [5, 5.41) is 15.5.